The molecule has 3 nitrogen and oxygen atoms in total. The minimum atomic E-state index is -0.285. The Balaban J connectivity index is 2.07. The topological polar surface area (TPSA) is 51.8 Å². The SMILES string of the molecule is CC1(C)Cc2nc(-c3ccc(F)cc3Br)ncc2C(N)C1. The van der Waals surface area contributed by atoms with Crippen LogP contribution in [0.25, 0.3) is 11.4 Å². The van der Waals surface area contributed by atoms with Gasteiger partial charge in [0.05, 0.1) is 0 Å². The summed E-state index contributed by atoms with van der Waals surface area (Å²) in [4.78, 5) is 9.08. The molecule has 1 aliphatic carbocycles. The summed E-state index contributed by atoms with van der Waals surface area (Å²) in [5, 5.41) is 0. The van der Waals surface area contributed by atoms with Gasteiger partial charge in [-0.2, -0.15) is 0 Å². The van der Waals surface area contributed by atoms with Crippen molar-refractivity contribution in [3.8, 4) is 11.4 Å². The zero-order valence-corrected chi connectivity index (χ0v) is 13.6. The van der Waals surface area contributed by atoms with Gasteiger partial charge in [-0.05, 0) is 52.4 Å². The van der Waals surface area contributed by atoms with Crippen molar-refractivity contribution in [1.82, 2.24) is 9.97 Å². The van der Waals surface area contributed by atoms with Gasteiger partial charge in [0.15, 0.2) is 5.82 Å². The van der Waals surface area contributed by atoms with Gasteiger partial charge in [-0.1, -0.05) is 13.8 Å². The molecule has 5 heteroatoms. The second-order valence-corrected chi connectivity index (χ2v) is 7.23. The van der Waals surface area contributed by atoms with Crippen LogP contribution >= 0.6 is 15.9 Å². The standard InChI is InChI=1S/C16H17BrFN3/c1-16(2)6-13(19)11-8-20-15(21-14(11)7-16)10-4-3-9(18)5-12(10)17/h3-5,8,13H,6-7,19H2,1-2H3. The molecule has 0 amide bonds. The summed E-state index contributed by atoms with van der Waals surface area (Å²) in [5.41, 5.74) is 9.17. The number of nitrogens with zero attached hydrogens (tertiary/aromatic N) is 2. The Bertz CT molecular complexity index is 700. The van der Waals surface area contributed by atoms with Gasteiger partial charge in [0, 0.05) is 33.5 Å². The second kappa shape index (κ2) is 5.14. The lowest BCUT2D eigenvalue weighted by Gasteiger charge is -2.34. The van der Waals surface area contributed by atoms with E-state index in [2.05, 4.69) is 39.7 Å². The third-order valence-electron chi connectivity index (χ3n) is 3.89. The summed E-state index contributed by atoms with van der Waals surface area (Å²) >= 11 is 3.37. The highest BCUT2D eigenvalue weighted by Gasteiger charge is 2.31. The van der Waals surface area contributed by atoms with Crippen LogP contribution in [-0.4, -0.2) is 9.97 Å². The number of halogens is 2. The smallest absolute Gasteiger partial charge is 0.160 e. The molecular formula is C16H17BrFN3. The number of hydrogen-bond acceptors (Lipinski definition) is 3. The van der Waals surface area contributed by atoms with E-state index in [0.717, 1.165) is 29.7 Å². The highest BCUT2D eigenvalue weighted by molar-refractivity contribution is 9.10. The maximum atomic E-state index is 13.2. The Labute approximate surface area is 131 Å². The molecule has 1 heterocycles. The lowest BCUT2D eigenvalue weighted by molar-refractivity contribution is 0.278. The van der Waals surface area contributed by atoms with E-state index in [0.29, 0.717) is 10.3 Å². The first kappa shape index (κ1) is 14.6. The second-order valence-electron chi connectivity index (χ2n) is 6.37. The zero-order chi connectivity index (χ0) is 15.2. The molecular weight excluding hydrogens is 333 g/mol. The van der Waals surface area contributed by atoms with E-state index in [4.69, 9.17) is 5.73 Å². The van der Waals surface area contributed by atoms with Crippen molar-refractivity contribution >= 4 is 15.9 Å². The number of hydrogen-bond donors (Lipinski definition) is 1. The molecule has 110 valence electrons. The molecule has 0 saturated carbocycles. The minimum absolute atomic E-state index is 0.0190. The van der Waals surface area contributed by atoms with Crippen LogP contribution in [0.3, 0.4) is 0 Å². The molecule has 1 unspecified atom stereocenters. The van der Waals surface area contributed by atoms with E-state index in [9.17, 15) is 4.39 Å². The van der Waals surface area contributed by atoms with E-state index in [-0.39, 0.29) is 17.3 Å². The lowest BCUT2D eigenvalue weighted by atomic mass is 9.74. The molecule has 0 radical (unpaired) electrons. The monoisotopic (exact) mass is 349 g/mol. The van der Waals surface area contributed by atoms with Crippen LogP contribution < -0.4 is 5.73 Å². The van der Waals surface area contributed by atoms with E-state index in [1.54, 1.807) is 6.07 Å². The molecule has 0 aliphatic heterocycles. The maximum Gasteiger partial charge on any atom is 0.160 e. The van der Waals surface area contributed by atoms with Crippen molar-refractivity contribution in [3.05, 3.63) is 45.9 Å². The first-order chi connectivity index (χ1) is 9.85. The third kappa shape index (κ3) is 2.85. The minimum Gasteiger partial charge on any atom is -0.324 e. The summed E-state index contributed by atoms with van der Waals surface area (Å²) < 4.78 is 13.9. The van der Waals surface area contributed by atoms with Gasteiger partial charge in [-0.15, -0.1) is 0 Å². The Kier molecular flexibility index (Phi) is 3.58. The van der Waals surface area contributed by atoms with Crippen LogP contribution in [0.5, 0.6) is 0 Å². The Morgan fingerprint density at radius 3 is 2.86 bits per heavy atom. The van der Waals surface area contributed by atoms with Gasteiger partial charge in [0.25, 0.3) is 0 Å². The van der Waals surface area contributed by atoms with Crippen molar-refractivity contribution in [2.75, 3.05) is 0 Å². The molecule has 0 fully saturated rings. The van der Waals surface area contributed by atoms with Crippen LogP contribution in [-0.2, 0) is 6.42 Å². The lowest BCUT2D eigenvalue weighted by Crippen LogP contribution is -2.30. The number of nitrogens with two attached hydrogens (primary N) is 1. The fourth-order valence-electron chi connectivity index (χ4n) is 2.91. The quantitative estimate of drug-likeness (QED) is 0.845. The molecule has 0 bridgehead atoms. The zero-order valence-electron chi connectivity index (χ0n) is 12.0. The summed E-state index contributed by atoms with van der Waals surface area (Å²) in [6.45, 7) is 4.40. The fourth-order valence-corrected chi connectivity index (χ4v) is 3.44. The van der Waals surface area contributed by atoms with E-state index >= 15 is 0 Å². The third-order valence-corrected chi connectivity index (χ3v) is 4.55. The van der Waals surface area contributed by atoms with Gasteiger partial charge >= 0.3 is 0 Å². The maximum absolute atomic E-state index is 13.2. The molecule has 1 aliphatic rings. The summed E-state index contributed by atoms with van der Waals surface area (Å²) in [7, 11) is 0. The van der Waals surface area contributed by atoms with Crippen molar-refractivity contribution in [2.45, 2.75) is 32.7 Å². The molecule has 2 N–H and O–H groups in total. The summed E-state index contributed by atoms with van der Waals surface area (Å²) in [6, 6.07) is 4.51. The first-order valence-electron chi connectivity index (χ1n) is 6.92. The van der Waals surface area contributed by atoms with Crippen molar-refractivity contribution in [2.24, 2.45) is 11.1 Å². The van der Waals surface area contributed by atoms with Crippen LogP contribution in [0, 0.1) is 11.2 Å². The van der Waals surface area contributed by atoms with E-state index < -0.39 is 0 Å². The Morgan fingerprint density at radius 2 is 2.14 bits per heavy atom. The van der Waals surface area contributed by atoms with Gasteiger partial charge in [0.2, 0.25) is 0 Å². The van der Waals surface area contributed by atoms with Crippen LogP contribution in [0.1, 0.15) is 37.6 Å². The Hall–Kier alpha value is -1.33. The fraction of sp³-hybridized carbons (Fsp3) is 0.375. The molecule has 1 aromatic carbocycles. The average molecular weight is 350 g/mol. The largest absolute Gasteiger partial charge is 0.324 e. The van der Waals surface area contributed by atoms with Gasteiger partial charge in [-0.25, -0.2) is 14.4 Å². The normalized spacial score (nSPS) is 20.1. The predicted molar refractivity (Wildman–Crippen MR) is 84.2 cm³/mol. The molecule has 3 rings (SSSR count). The summed E-state index contributed by atoms with van der Waals surface area (Å²) in [6.07, 6.45) is 3.63. The highest BCUT2D eigenvalue weighted by Crippen LogP contribution is 2.39. The highest BCUT2D eigenvalue weighted by atomic mass is 79.9. The average Bonchev–Trinajstić information content (AvgIpc) is 2.36. The first-order valence-corrected chi connectivity index (χ1v) is 7.72. The Morgan fingerprint density at radius 1 is 1.38 bits per heavy atom. The molecule has 1 aromatic heterocycles. The van der Waals surface area contributed by atoms with Crippen LogP contribution in [0.4, 0.5) is 4.39 Å². The predicted octanol–water partition coefficient (Wildman–Crippen LogP) is 4.02. The van der Waals surface area contributed by atoms with E-state index in [1.165, 1.54) is 12.1 Å². The van der Waals surface area contributed by atoms with Gasteiger partial charge < -0.3 is 5.73 Å². The van der Waals surface area contributed by atoms with Crippen molar-refractivity contribution in [1.29, 1.82) is 0 Å². The number of benzene rings is 1. The molecule has 21 heavy (non-hydrogen) atoms. The van der Waals surface area contributed by atoms with Crippen molar-refractivity contribution < 1.29 is 4.39 Å². The molecule has 0 saturated heterocycles. The van der Waals surface area contributed by atoms with Gasteiger partial charge in [-0.3, -0.25) is 0 Å². The van der Waals surface area contributed by atoms with E-state index in [1.807, 2.05) is 6.20 Å². The van der Waals surface area contributed by atoms with Gasteiger partial charge in [0.1, 0.15) is 5.82 Å². The van der Waals surface area contributed by atoms with Crippen LogP contribution in [0.15, 0.2) is 28.9 Å². The summed E-state index contributed by atoms with van der Waals surface area (Å²) in [5.74, 6) is 0.317. The molecule has 1 atom stereocenters. The number of aromatic nitrogens is 2. The number of rotatable bonds is 1. The molecule has 0 spiro atoms. The van der Waals surface area contributed by atoms with Crippen molar-refractivity contribution in [3.63, 3.8) is 0 Å². The number of fused-ring (bicyclic) bond motifs is 1. The molecule has 2 aromatic rings. The van der Waals surface area contributed by atoms with Crippen LogP contribution in [0.2, 0.25) is 0 Å².